The summed E-state index contributed by atoms with van der Waals surface area (Å²) in [4.78, 5) is 23.3. The monoisotopic (exact) mass is 264 g/mol. The summed E-state index contributed by atoms with van der Waals surface area (Å²) >= 11 is 0. The zero-order valence-corrected chi connectivity index (χ0v) is 10.7. The molecule has 2 rings (SSSR count). The average molecular weight is 264 g/mol. The molecule has 0 bridgehead atoms. The van der Waals surface area contributed by atoms with E-state index < -0.39 is 16.9 Å². The van der Waals surface area contributed by atoms with Crippen LogP contribution in [0.3, 0.4) is 0 Å². The number of hydrogen-bond donors (Lipinski definition) is 1. The van der Waals surface area contributed by atoms with Crippen LogP contribution in [0.1, 0.15) is 18.9 Å². The van der Waals surface area contributed by atoms with E-state index in [1.807, 2.05) is 11.8 Å². The molecule has 1 N–H and O–H groups in total. The van der Waals surface area contributed by atoms with Gasteiger partial charge in [0.15, 0.2) is 0 Å². The fraction of sp³-hybridized carbons (Fsp3) is 0.462. The maximum Gasteiger partial charge on any atom is 0.321 e. The van der Waals surface area contributed by atoms with Crippen molar-refractivity contribution in [2.45, 2.75) is 25.9 Å². The maximum absolute atomic E-state index is 11.2. The topological polar surface area (TPSA) is 83.7 Å². The lowest BCUT2D eigenvalue weighted by molar-refractivity contribution is -0.384. The zero-order valence-electron chi connectivity index (χ0n) is 10.7. The molecule has 2 atom stereocenters. The number of carboxylic acids is 1. The number of hydrogen-bond acceptors (Lipinski definition) is 4. The first-order chi connectivity index (χ1) is 8.99. The van der Waals surface area contributed by atoms with Gasteiger partial charge in [-0.3, -0.25) is 19.8 Å². The summed E-state index contributed by atoms with van der Waals surface area (Å²) < 4.78 is 0. The van der Waals surface area contributed by atoms with Crippen LogP contribution in [0.25, 0.3) is 0 Å². The molecule has 0 radical (unpaired) electrons. The van der Waals surface area contributed by atoms with E-state index in [1.54, 1.807) is 12.1 Å². The lowest BCUT2D eigenvalue weighted by Crippen LogP contribution is -2.38. The van der Waals surface area contributed by atoms with Crippen LogP contribution in [-0.4, -0.2) is 33.5 Å². The van der Waals surface area contributed by atoms with Gasteiger partial charge in [-0.2, -0.15) is 0 Å². The lowest BCUT2D eigenvalue weighted by atomic mass is 10.0. The Kier molecular flexibility index (Phi) is 3.80. The fourth-order valence-electron chi connectivity index (χ4n) is 2.56. The molecule has 6 heteroatoms. The third-order valence-electron chi connectivity index (χ3n) is 3.59. The summed E-state index contributed by atoms with van der Waals surface area (Å²) in [6.45, 7) is 3.20. The number of rotatable bonds is 4. The Bertz CT molecular complexity index is 486. The van der Waals surface area contributed by atoms with E-state index in [0.717, 1.165) is 18.5 Å². The summed E-state index contributed by atoms with van der Waals surface area (Å²) in [6.07, 6.45) is 0.865. The summed E-state index contributed by atoms with van der Waals surface area (Å²) in [7, 11) is 0. The third-order valence-corrected chi connectivity index (χ3v) is 3.59. The Hall–Kier alpha value is -1.95. The van der Waals surface area contributed by atoms with Gasteiger partial charge in [-0.1, -0.05) is 19.1 Å². The van der Waals surface area contributed by atoms with E-state index in [9.17, 15) is 20.0 Å². The van der Waals surface area contributed by atoms with Crippen LogP contribution in [0.5, 0.6) is 0 Å². The number of likely N-dealkylation sites (tertiary alicyclic amines) is 1. The van der Waals surface area contributed by atoms with Gasteiger partial charge in [0.1, 0.15) is 6.04 Å². The van der Waals surface area contributed by atoms with Crippen molar-refractivity contribution in [1.82, 2.24) is 4.90 Å². The summed E-state index contributed by atoms with van der Waals surface area (Å²) in [5, 5.41) is 19.8. The molecule has 102 valence electrons. The Morgan fingerprint density at radius 3 is 2.63 bits per heavy atom. The number of aliphatic carboxylic acids is 1. The number of non-ortho nitro benzene ring substituents is 1. The second kappa shape index (κ2) is 5.36. The highest BCUT2D eigenvalue weighted by molar-refractivity contribution is 5.74. The molecule has 1 aliphatic rings. The van der Waals surface area contributed by atoms with Gasteiger partial charge in [0.25, 0.3) is 5.69 Å². The van der Waals surface area contributed by atoms with E-state index in [4.69, 9.17) is 0 Å². The zero-order chi connectivity index (χ0) is 14.0. The smallest absolute Gasteiger partial charge is 0.321 e. The minimum absolute atomic E-state index is 0.0494. The van der Waals surface area contributed by atoms with Crippen LogP contribution in [0.15, 0.2) is 24.3 Å². The Balaban J connectivity index is 2.08. The van der Waals surface area contributed by atoms with Gasteiger partial charge in [-0.25, -0.2) is 0 Å². The molecule has 1 saturated heterocycles. The minimum atomic E-state index is -0.799. The lowest BCUT2D eigenvalue weighted by Gasteiger charge is -2.23. The molecule has 1 aromatic rings. The standard InChI is InChI=1S/C13H16N2O4/c1-9-6-7-14(12(9)13(16)17)8-10-2-4-11(5-3-10)15(18)19/h2-5,9,12H,6-8H2,1H3,(H,16,17). The van der Waals surface area contributed by atoms with Crippen LogP contribution < -0.4 is 0 Å². The van der Waals surface area contributed by atoms with Crippen molar-refractivity contribution >= 4 is 11.7 Å². The first kappa shape index (κ1) is 13.5. The number of nitro groups is 1. The first-order valence-corrected chi connectivity index (χ1v) is 6.19. The van der Waals surface area contributed by atoms with Gasteiger partial charge in [0.05, 0.1) is 4.92 Å². The summed E-state index contributed by atoms with van der Waals surface area (Å²) in [5.74, 6) is -0.664. The molecule has 0 aromatic heterocycles. The van der Waals surface area contributed by atoms with Crippen molar-refractivity contribution in [3.8, 4) is 0 Å². The normalized spacial score (nSPS) is 23.4. The summed E-state index contributed by atoms with van der Waals surface area (Å²) in [6, 6.07) is 5.80. The number of carboxylic acid groups (broad SMARTS) is 1. The Morgan fingerprint density at radius 1 is 1.47 bits per heavy atom. The van der Waals surface area contributed by atoms with Crippen molar-refractivity contribution in [2.75, 3.05) is 6.54 Å². The highest BCUT2D eigenvalue weighted by Gasteiger charge is 2.36. The van der Waals surface area contributed by atoms with Gasteiger partial charge in [-0.05, 0) is 24.4 Å². The van der Waals surface area contributed by atoms with Crippen LogP contribution in [0.4, 0.5) is 5.69 Å². The Labute approximate surface area is 110 Å². The van der Waals surface area contributed by atoms with Gasteiger partial charge in [0.2, 0.25) is 0 Å². The maximum atomic E-state index is 11.2. The number of nitrogens with zero attached hydrogens (tertiary/aromatic N) is 2. The molecule has 0 aliphatic carbocycles. The highest BCUT2D eigenvalue weighted by Crippen LogP contribution is 2.26. The number of nitro benzene ring substituents is 1. The van der Waals surface area contributed by atoms with Crippen LogP contribution >= 0.6 is 0 Å². The molecule has 1 fully saturated rings. The van der Waals surface area contributed by atoms with Crippen molar-refractivity contribution in [3.05, 3.63) is 39.9 Å². The van der Waals surface area contributed by atoms with E-state index in [2.05, 4.69) is 0 Å². The molecule has 0 spiro atoms. The van der Waals surface area contributed by atoms with Crippen LogP contribution in [0, 0.1) is 16.0 Å². The molecule has 2 unspecified atom stereocenters. The Morgan fingerprint density at radius 2 is 2.11 bits per heavy atom. The number of benzene rings is 1. The van der Waals surface area contributed by atoms with Gasteiger partial charge in [0, 0.05) is 18.7 Å². The van der Waals surface area contributed by atoms with Crippen LogP contribution in [-0.2, 0) is 11.3 Å². The molecular formula is C13H16N2O4. The van der Waals surface area contributed by atoms with Crippen molar-refractivity contribution in [2.24, 2.45) is 5.92 Å². The van der Waals surface area contributed by atoms with E-state index in [-0.39, 0.29) is 11.6 Å². The molecule has 1 heterocycles. The molecular weight excluding hydrogens is 248 g/mol. The molecule has 6 nitrogen and oxygen atoms in total. The van der Waals surface area contributed by atoms with Crippen molar-refractivity contribution in [1.29, 1.82) is 0 Å². The number of carbonyl (C=O) groups is 1. The largest absolute Gasteiger partial charge is 0.480 e. The third kappa shape index (κ3) is 2.90. The van der Waals surface area contributed by atoms with Crippen LogP contribution in [0.2, 0.25) is 0 Å². The summed E-state index contributed by atoms with van der Waals surface area (Å²) in [5.41, 5.74) is 0.944. The molecule has 0 amide bonds. The van der Waals surface area contributed by atoms with Gasteiger partial charge in [-0.15, -0.1) is 0 Å². The highest BCUT2D eigenvalue weighted by atomic mass is 16.6. The first-order valence-electron chi connectivity index (χ1n) is 6.19. The average Bonchev–Trinajstić information content (AvgIpc) is 2.71. The second-order valence-electron chi connectivity index (χ2n) is 4.94. The van der Waals surface area contributed by atoms with E-state index in [1.165, 1.54) is 12.1 Å². The molecule has 1 aromatic carbocycles. The molecule has 1 aliphatic heterocycles. The van der Waals surface area contributed by atoms with Crippen molar-refractivity contribution < 1.29 is 14.8 Å². The predicted molar refractivity (Wildman–Crippen MR) is 68.7 cm³/mol. The molecule has 19 heavy (non-hydrogen) atoms. The minimum Gasteiger partial charge on any atom is -0.480 e. The SMILES string of the molecule is CC1CCN(Cc2ccc([N+](=O)[O-])cc2)C1C(=O)O. The van der Waals surface area contributed by atoms with Gasteiger partial charge < -0.3 is 5.11 Å². The molecule has 0 saturated carbocycles. The van der Waals surface area contributed by atoms with E-state index in [0.29, 0.717) is 6.54 Å². The second-order valence-corrected chi connectivity index (χ2v) is 4.94. The fourth-order valence-corrected chi connectivity index (χ4v) is 2.56. The quantitative estimate of drug-likeness (QED) is 0.663. The van der Waals surface area contributed by atoms with Crippen molar-refractivity contribution in [3.63, 3.8) is 0 Å². The van der Waals surface area contributed by atoms with E-state index >= 15 is 0 Å². The predicted octanol–water partition coefficient (Wildman–Crippen LogP) is 1.89. The van der Waals surface area contributed by atoms with Gasteiger partial charge >= 0.3 is 5.97 Å².